The van der Waals surface area contributed by atoms with Crippen LogP contribution in [0.4, 0.5) is 0 Å². The van der Waals surface area contributed by atoms with E-state index in [4.69, 9.17) is 0 Å². The quantitative estimate of drug-likeness (QED) is 0.615. The number of hydrogen-bond donors (Lipinski definition) is 2. The Kier molecular flexibility index (Phi) is 5.74. The van der Waals surface area contributed by atoms with Crippen LogP contribution in [0.5, 0.6) is 0 Å². The number of fused-ring (bicyclic) bond motifs is 2. The number of allylic oxidation sites excluding steroid dienone is 1. The Labute approximate surface area is 154 Å². The molecule has 0 saturated heterocycles. The number of hydrogen-bond acceptors (Lipinski definition) is 2. The summed E-state index contributed by atoms with van der Waals surface area (Å²) in [6.07, 6.45) is 19.8. The second-order valence-corrected chi connectivity index (χ2v) is 9.77. The van der Waals surface area contributed by atoms with Gasteiger partial charge in [-0.05, 0) is 74.2 Å². The summed E-state index contributed by atoms with van der Waals surface area (Å²) >= 11 is 0. The third kappa shape index (κ3) is 4.10. The molecular weight excluding hydrogens is 308 g/mol. The van der Waals surface area contributed by atoms with Crippen molar-refractivity contribution in [2.24, 2.45) is 35.5 Å². The lowest BCUT2D eigenvalue weighted by Gasteiger charge is -2.41. The standard InChI is InChI=1S/C23H38O2/c24-22(20-11-9-16-5-1-3-7-18(16)13-20)15-23(25)21-12-10-17-6-2-4-8-19(17)14-21/h15-22,24-25H,1-14H2/b23-15-. The smallest absolute Gasteiger partial charge is 0.0939 e. The first-order chi connectivity index (χ1) is 12.2. The van der Waals surface area contributed by atoms with Crippen LogP contribution in [0, 0.1) is 35.5 Å². The predicted molar refractivity (Wildman–Crippen MR) is 102 cm³/mol. The maximum Gasteiger partial charge on any atom is 0.0939 e. The maximum absolute atomic E-state index is 10.8. The molecule has 25 heavy (non-hydrogen) atoms. The molecule has 0 heterocycles. The van der Waals surface area contributed by atoms with Crippen LogP contribution in [-0.2, 0) is 0 Å². The average molecular weight is 347 g/mol. The van der Waals surface area contributed by atoms with Gasteiger partial charge in [0.1, 0.15) is 0 Å². The minimum atomic E-state index is -0.424. The summed E-state index contributed by atoms with van der Waals surface area (Å²) in [6.45, 7) is 0. The van der Waals surface area contributed by atoms with E-state index in [1.54, 1.807) is 0 Å². The highest BCUT2D eigenvalue weighted by Gasteiger charge is 2.36. The van der Waals surface area contributed by atoms with E-state index in [1.165, 1.54) is 70.6 Å². The molecule has 2 nitrogen and oxygen atoms in total. The van der Waals surface area contributed by atoms with Gasteiger partial charge in [-0.2, -0.15) is 0 Å². The molecule has 4 saturated carbocycles. The molecule has 0 amide bonds. The van der Waals surface area contributed by atoms with E-state index in [9.17, 15) is 10.2 Å². The predicted octanol–water partition coefficient (Wildman–Crippen LogP) is 6.00. The van der Waals surface area contributed by atoms with Gasteiger partial charge in [0.25, 0.3) is 0 Å². The van der Waals surface area contributed by atoms with Crippen molar-refractivity contribution in [2.45, 2.75) is 96.0 Å². The van der Waals surface area contributed by atoms with Gasteiger partial charge in [0.2, 0.25) is 0 Å². The number of rotatable bonds is 3. The first kappa shape index (κ1) is 17.9. The minimum absolute atomic E-state index is 0.319. The fourth-order valence-corrected chi connectivity index (χ4v) is 6.81. The molecule has 2 heteroatoms. The van der Waals surface area contributed by atoms with E-state index in [0.29, 0.717) is 17.6 Å². The van der Waals surface area contributed by atoms with Gasteiger partial charge < -0.3 is 10.2 Å². The van der Waals surface area contributed by atoms with E-state index in [2.05, 4.69) is 0 Å². The Hall–Kier alpha value is -0.500. The third-order valence-electron chi connectivity index (χ3n) is 8.36. The van der Waals surface area contributed by atoms with Gasteiger partial charge in [-0.25, -0.2) is 0 Å². The first-order valence-corrected chi connectivity index (χ1v) is 11.3. The van der Waals surface area contributed by atoms with Gasteiger partial charge in [-0.15, -0.1) is 0 Å². The Morgan fingerprint density at radius 3 is 1.92 bits per heavy atom. The van der Waals surface area contributed by atoms with Gasteiger partial charge in [0.05, 0.1) is 11.9 Å². The zero-order valence-corrected chi connectivity index (χ0v) is 15.9. The maximum atomic E-state index is 10.8. The largest absolute Gasteiger partial charge is 0.512 e. The van der Waals surface area contributed by atoms with Crippen LogP contribution in [0.1, 0.15) is 89.9 Å². The van der Waals surface area contributed by atoms with Crippen LogP contribution in [0.3, 0.4) is 0 Å². The van der Waals surface area contributed by atoms with Crippen molar-refractivity contribution in [3.8, 4) is 0 Å². The molecule has 0 radical (unpaired) electrons. The van der Waals surface area contributed by atoms with Crippen molar-refractivity contribution in [3.63, 3.8) is 0 Å². The van der Waals surface area contributed by atoms with Crippen molar-refractivity contribution < 1.29 is 10.2 Å². The molecule has 0 spiro atoms. The molecule has 0 bridgehead atoms. The summed E-state index contributed by atoms with van der Waals surface area (Å²) in [5.41, 5.74) is 0. The van der Waals surface area contributed by atoms with Crippen molar-refractivity contribution in [2.75, 3.05) is 0 Å². The van der Waals surface area contributed by atoms with E-state index in [-0.39, 0.29) is 0 Å². The molecule has 4 fully saturated rings. The lowest BCUT2D eigenvalue weighted by atomic mass is 9.66. The number of aliphatic hydroxyl groups excluding tert-OH is 2. The fraction of sp³-hybridized carbons (Fsp3) is 0.913. The molecule has 0 aromatic carbocycles. The van der Waals surface area contributed by atoms with Crippen LogP contribution in [0.2, 0.25) is 0 Å². The third-order valence-corrected chi connectivity index (χ3v) is 8.36. The van der Waals surface area contributed by atoms with Crippen molar-refractivity contribution >= 4 is 0 Å². The average Bonchev–Trinajstić information content (AvgIpc) is 2.67. The Bertz CT molecular complexity index is 471. The summed E-state index contributed by atoms with van der Waals surface area (Å²) in [5, 5.41) is 21.5. The molecule has 4 aliphatic carbocycles. The molecule has 7 atom stereocenters. The van der Waals surface area contributed by atoms with Crippen LogP contribution in [0.15, 0.2) is 11.8 Å². The lowest BCUT2D eigenvalue weighted by Crippen LogP contribution is -2.33. The van der Waals surface area contributed by atoms with Gasteiger partial charge in [0.15, 0.2) is 0 Å². The zero-order chi connectivity index (χ0) is 17.2. The molecule has 4 rings (SSSR count). The SMILES string of the molecule is O/C(=C\C(O)C1CCC2CCCCC2C1)C1CCC2CCCCC2C1. The molecule has 0 aromatic heterocycles. The summed E-state index contributed by atoms with van der Waals surface area (Å²) < 4.78 is 0. The second-order valence-electron chi connectivity index (χ2n) is 9.77. The molecular formula is C23H38O2. The Balaban J connectivity index is 1.33. The highest BCUT2D eigenvalue weighted by Crippen LogP contribution is 2.46. The topological polar surface area (TPSA) is 40.5 Å². The van der Waals surface area contributed by atoms with Crippen LogP contribution >= 0.6 is 0 Å². The zero-order valence-electron chi connectivity index (χ0n) is 15.9. The van der Waals surface area contributed by atoms with Crippen LogP contribution in [-0.4, -0.2) is 16.3 Å². The summed E-state index contributed by atoms with van der Waals surface area (Å²) in [6, 6.07) is 0. The van der Waals surface area contributed by atoms with Crippen LogP contribution in [0.25, 0.3) is 0 Å². The monoisotopic (exact) mass is 346 g/mol. The molecule has 4 aliphatic rings. The van der Waals surface area contributed by atoms with Gasteiger partial charge in [-0.3, -0.25) is 0 Å². The Morgan fingerprint density at radius 2 is 1.24 bits per heavy atom. The van der Waals surface area contributed by atoms with Gasteiger partial charge in [0, 0.05) is 5.92 Å². The molecule has 7 unspecified atom stereocenters. The number of aliphatic hydroxyl groups is 2. The van der Waals surface area contributed by atoms with Crippen LogP contribution < -0.4 is 0 Å². The summed E-state index contributed by atoms with van der Waals surface area (Å²) in [4.78, 5) is 0. The van der Waals surface area contributed by atoms with E-state index < -0.39 is 6.10 Å². The van der Waals surface area contributed by atoms with E-state index in [1.807, 2.05) is 6.08 Å². The summed E-state index contributed by atoms with van der Waals surface area (Å²) in [5.74, 6) is 4.74. The van der Waals surface area contributed by atoms with Crippen molar-refractivity contribution in [3.05, 3.63) is 11.8 Å². The molecule has 0 aliphatic heterocycles. The molecule has 0 aromatic rings. The highest BCUT2D eigenvalue weighted by atomic mass is 16.3. The van der Waals surface area contributed by atoms with E-state index >= 15 is 0 Å². The van der Waals surface area contributed by atoms with Crippen molar-refractivity contribution in [1.29, 1.82) is 0 Å². The van der Waals surface area contributed by atoms with E-state index in [0.717, 1.165) is 42.9 Å². The first-order valence-electron chi connectivity index (χ1n) is 11.3. The fourth-order valence-electron chi connectivity index (χ4n) is 6.81. The second kappa shape index (κ2) is 8.03. The molecule has 142 valence electrons. The molecule has 2 N–H and O–H groups in total. The van der Waals surface area contributed by atoms with Crippen molar-refractivity contribution in [1.82, 2.24) is 0 Å². The van der Waals surface area contributed by atoms with Gasteiger partial charge >= 0.3 is 0 Å². The highest BCUT2D eigenvalue weighted by molar-refractivity contribution is 5.05. The van der Waals surface area contributed by atoms with Gasteiger partial charge in [-0.1, -0.05) is 51.4 Å². The summed E-state index contributed by atoms with van der Waals surface area (Å²) in [7, 11) is 0. The lowest BCUT2D eigenvalue weighted by molar-refractivity contribution is 0.0564. The minimum Gasteiger partial charge on any atom is -0.512 e. The normalized spacial score (nSPS) is 43.8. The Morgan fingerprint density at radius 1 is 0.680 bits per heavy atom.